The fraction of sp³-hybridized carbons (Fsp3) is 0.429. The first kappa shape index (κ1) is 14.2. The summed E-state index contributed by atoms with van der Waals surface area (Å²) in [6.45, 7) is 3.41. The van der Waals surface area contributed by atoms with Crippen molar-refractivity contribution in [2.75, 3.05) is 32.8 Å². The van der Waals surface area contributed by atoms with Gasteiger partial charge in [0, 0.05) is 13.1 Å². The highest BCUT2D eigenvalue weighted by Gasteiger charge is 2.21. The molecule has 1 aliphatic heterocycles. The van der Waals surface area contributed by atoms with Gasteiger partial charge in [0.1, 0.15) is 0 Å². The van der Waals surface area contributed by atoms with E-state index in [-0.39, 0.29) is 25.0 Å². The first-order chi connectivity index (χ1) is 9.70. The van der Waals surface area contributed by atoms with Gasteiger partial charge in [0.15, 0.2) is 18.1 Å². The van der Waals surface area contributed by atoms with E-state index in [1.165, 1.54) is 4.90 Å². The van der Waals surface area contributed by atoms with Crippen LogP contribution in [0.2, 0.25) is 0 Å². The Hall–Kier alpha value is -2.24. The Bertz CT molecular complexity index is 490. The van der Waals surface area contributed by atoms with E-state index in [4.69, 9.17) is 9.47 Å². The van der Waals surface area contributed by atoms with Crippen LogP contribution in [0, 0.1) is 0 Å². The summed E-state index contributed by atoms with van der Waals surface area (Å²) < 4.78 is 10.9. The lowest BCUT2D eigenvalue weighted by Crippen LogP contribution is -2.51. The number of hydrogen-bond donors (Lipinski definition) is 1. The number of benzene rings is 1. The molecule has 1 aromatic carbocycles. The van der Waals surface area contributed by atoms with Crippen molar-refractivity contribution in [2.45, 2.75) is 6.92 Å². The summed E-state index contributed by atoms with van der Waals surface area (Å²) in [7, 11) is 0. The molecule has 108 valence electrons. The minimum Gasteiger partial charge on any atom is -0.490 e. The fourth-order valence-electron chi connectivity index (χ4n) is 1.93. The van der Waals surface area contributed by atoms with Gasteiger partial charge in [-0.25, -0.2) is 0 Å². The van der Waals surface area contributed by atoms with Gasteiger partial charge < -0.3 is 19.7 Å². The zero-order valence-corrected chi connectivity index (χ0v) is 11.4. The predicted molar refractivity (Wildman–Crippen MR) is 72.7 cm³/mol. The molecule has 6 nitrogen and oxygen atoms in total. The maximum atomic E-state index is 12.0. The summed E-state index contributed by atoms with van der Waals surface area (Å²) in [6.07, 6.45) is 0. The molecule has 1 saturated heterocycles. The second-order valence-electron chi connectivity index (χ2n) is 4.33. The first-order valence-corrected chi connectivity index (χ1v) is 6.60. The molecule has 0 aromatic heterocycles. The van der Waals surface area contributed by atoms with Gasteiger partial charge in [0.25, 0.3) is 5.91 Å². The number of amides is 2. The zero-order chi connectivity index (χ0) is 14.4. The monoisotopic (exact) mass is 278 g/mol. The number of carbonyl (C=O) groups is 2. The van der Waals surface area contributed by atoms with Crippen molar-refractivity contribution in [3.63, 3.8) is 0 Å². The van der Waals surface area contributed by atoms with E-state index in [0.717, 1.165) is 0 Å². The van der Waals surface area contributed by atoms with Gasteiger partial charge in [0.2, 0.25) is 5.91 Å². The Balaban J connectivity index is 1.91. The Morgan fingerprint density at radius 3 is 2.65 bits per heavy atom. The predicted octanol–water partition coefficient (Wildman–Crippen LogP) is 0.422. The molecule has 0 aliphatic carbocycles. The van der Waals surface area contributed by atoms with Crippen molar-refractivity contribution in [1.29, 1.82) is 0 Å². The van der Waals surface area contributed by atoms with Gasteiger partial charge in [-0.2, -0.15) is 0 Å². The van der Waals surface area contributed by atoms with Crippen LogP contribution in [0.25, 0.3) is 0 Å². The van der Waals surface area contributed by atoms with Crippen molar-refractivity contribution in [3.8, 4) is 11.5 Å². The molecule has 2 rings (SSSR count). The summed E-state index contributed by atoms with van der Waals surface area (Å²) >= 11 is 0. The van der Waals surface area contributed by atoms with E-state index in [0.29, 0.717) is 31.2 Å². The average Bonchev–Trinajstić information content (AvgIpc) is 2.46. The molecule has 1 heterocycles. The van der Waals surface area contributed by atoms with Gasteiger partial charge in [-0.1, -0.05) is 12.1 Å². The second-order valence-corrected chi connectivity index (χ2v) is 4.33. The van der Waals surface area contributed by atoms with E-state index < -0.39 is 0 Å². The van der Waals surface area contributed by atoms with Gasteiger partial charge in [-0.05, 0) is 19.1 Å². The van der Waals surface area contributed by atoms with Crippen LogP contribution in [-0.4, -0.2) is 49.6 Å². The third-order valence-corrected chi connectivity index (χ3v) is 2.89. The van der Waals surface area contributed by atoms with E-state index in [1.807, 2.05) is 19.1 Å². The molecule has 0 radical (unpaired) electrons. The summed E-state index contributed by atoms with van der Waals surface area (Å²) in [4.78, 5) is 24.7. The number of ether oxygens (including phenoxy) is 2. The average molecular weight is 278 g/mol. The molecule has 0 atom stereocenters. The molecule has 1 aromatic rings. The molecule has 0 bridgehead atoms. The lowest BCUT2D eigenvalue weighted by molar-refractivity contribution is -0.139. The van der Waals surface area contributed by atoms with Crippen LogP contribution in [0.15, 0.2) is 24.3 Å². The van der Waals surface area contributed by atoms with Crippen LogP contribution in [-0.2, 0) is 9.59 Å². The van der Waals surface area contributed by atoms with Crippen LogP contribution in [0.5, 0.6) is 11.5 Å². The van der Waals surface area contributed by atoms with Gasteiger partial charge in [-0.3, -0.25) is 9.59 Å². The van der Waals surface area contributed by atoms with Crippen molar-refractivity contribution < 1.29 is 19.1 Å². The zero-order valence-electron chi connectivity index (χ0n) is 11.4. The third-order valence-electron chi connectivity index (χ3n) is 2.89. The molecular formula is C14H18N2O4. The van der Waals surface area contributed by atoms with Crippen LogP contribution in [0.3, 0.4) is 0 Å². The highest BCUT2D eigenvalue weighted by atomic mass is 16.5. The lowest BCUT2D eigenvalue weighted by Gasteiger charge is -2.26. The number of para-hydroxylation sites is 2. The smallest absolute Gasteiger partial charge is 0.261 e. The standard InChI is InChI=1S/C14H18N2O4/c1-2-19-11-5-3-4-6-12(11)20-10-14(18)16-8-7-15-13(17)9-16/h3-6H,2,7-10H2,1H3,(H,15,17). The largest absolute Gasteiger partial charge is 0.490 e. The summed E-state index contributed by atoms with van der Waals surface area (Å²) in [5, 5.41) is 2.67. The lowest BCUT2D eigenvalue weighted by atomic mass is 10.3. The summed E-state index contributed by atoms with van der Waals surface area (Å²) in [5.74, 6) is 0.800. The topological polar surface area (TPSA) is 67.9 Å². The Labute approximate surface area is 117 Å². The van der Waals surface area contributed by atoms with E-state index in [2.05, 4.69) is 5.32 Å². The molecule has 1 aliphatic rings. The van der Waals surface area contributed by atoms with Crippen molar-refractivity contribution in [2.24, 2.45) is 0 Å². The van der Waals surface area contributed by atoms with Crippen LogP contribution < -0.4 is 14.8 Å². The Morgan fingerprint density at radius 2 is 2.00 bits per heavy atom. The highest BCUT2D eigenvalue weighted by molar-refractivity contribution is 5.86. The molecule has 2 amide bonds. The van der Waals surface area contributed by atoms with Gasteiger partial charge >= 0.3 is 0 Å². The van der Waals surface area contributed by atoms with Crippen LogP contribution >= 0.6 is 0 Å². The van der Waals surface area contributed by atoms with Crippen molar-refractivity contribution in [1.82, 2.24) is 10.2 Å². The second kappa shape index (κ2) is 6.79. The number of carbonyl (C=O) groups excluding carboxylic acids is 2. The van der Waals surface area contributed by atoms with Crippen molar-refractivity contribution >= 4 is 11.8 Å². The SMILES string of the molecule is CCOc1ccccc1OCC(=O)N1CCNC(=O)C1. The third kappa shape index (κ3) is 3.63. The number of nitrogens with one attached hydrogen (secondary N) is 1. The molecule has 1 fully saturated rings. The number of rotatable bonds is 5. The van der Waals surface area contributed by atoms with Crippen LogP contribution in [0.4, 0.5) is 0 Å². The molecule has 1 N–H and O–H groups in total. The maximum absolute atomic E-state index is 12.0. The fourth-order valence-corrected chi connectivity index (χ4v) is 1.93. The minimum atomic E-state index is -0.203. The van der Waals surface area contributed by atoms with Gasteiger partial charge in [-0.15, -0.1) is 0 Å². The minimum absolute atomic E-state index is 0.0926. The molecule has 20 heavy (non-hydrogen) atoms. The number of nitrogens with zero attached hydrogens (tertiary/aromatic N) is 1. The van der Waals surface area contributed by atoms with Crippen molar-refractivity contribution in [3.05, 3.63) is 24.3 Å². The molecule has 0 saturated carbocycles. The summed E-state index contributed by atoms with van der Waals surface area (Å²) in [6, 6.07) is 7.20. The normalized spacial score (nSPS) is 14.7. The Kier molecular flexibility index (Phi) is 4.81. The number of hydrogen-bond acceptors (Lipinski definition) is 4. The quantitative estimate of drug-likeness (QED) is 0.847. The molecule has 0 spiro atoms. The summed E-state index contributed by atoms with van der Waals surface area (Å²) in [5.41, 5.74) is 0. The Morgan fingerprint density at radius 1 is 1.30 bits per heavy atom. The van der Waals surface area contributed by atoms with E-state index in [1.54, 1.807) is 12.1 Å². The maximum Gasteiger partial charge on any atom is 0.261 e. The highest BCUT2D eigenvalue weighted by Crippen LogP contribution is 2.26. The van der Waals surface area contributed by atoms with Gasteiger partial charge in [0.05, 0.1) is 13.2 Å². The molecule has 0 unspecified atom stereocenters. The van der Waals surface area contributed by atoms with E-state index >= 15 is 0 Å². The van der Waals surface area contributed by atoms with Crippen LogP contribution in [0.1, 0.15) is 6.92 Å². The molecular weight excluding hydrogens is 260 g/mol. The van der Waals surface area contributed by atoms with E-state index in [9.17, 15) is 9.59 Å². The number of piperazine rings is 1. The first-order valence-electron chi connectivity index (χ1n) is 6.60. The molecule has 6 heteroatoms.